The third-order valence-electron chi connectivity index (χ3n) is 2.27. The predicted molar refractivity (Wildman–Crippen MR) is 57.9 cm³/mol. The Morgan fingerprint density at radius 1 is 1.15 bits per heavy atom. The van der Waals surface area contributed by atoms with Crippen molar-refractivity contribution in [3.05, 3.63) is 34.4 Å². The van der Waals surface area contributed by atoms with Crippen molar-refractivity contribution in [2.75, 3.05) is 0 Å². The molecule has 0 spiro atoms. The van der Waals surface area contributed by atoms with Gasteiger partial charge in [-0.25, -0.2) is 0 Å². The second-order valence-electron chi connectivity index (χ2n) is 3.28. The second-order valence-corrected chi connectivity index (χ2v) is 4.20. The van der Waals surface area contributed by atoms with Crippen LogP contribution in [-0.2, 0) is 0 Å². The molecule has 0 aromatic heterocycles. The van der Waals surface area contributed by atoms with E-state index in [1.807, 2.05) is 6.92 Å². The van der Waals surface area contributed by atoms with E-state index < -0.39 is 0 Å². The van der Waals surface area contributed by atoms with Crippen molar-refractivity contribution in [2.24, 2.45) is 0 Å². The van der Waals surface area contributed by atoms with Crippen LogP contribution in [0, 0.1) is 32.1 Å². The van der Waals surface area contributed by atoms with Crippen LogP contribution in [0.4, 0.5) is 0 Å². The maximum absolute atomic E-state index is 8.78. The largest absolute Gasteiger partial charge is 0.197 e. The van der Waals surface area contributed by atoms with Crippen LogP contribution in [0.1, 0.15) is 27.1 Å². The molecule has 0 saturated heterocycles. The number of rotatable bonds is 1. The second kappa shape index (κ2) is 3.93. The van der Waals surface area contributed by atoms with Crippen LogP contribution in [0.5, 0.6) is 0 Å². The first-order chi connectivity index (χ1) is 6.06. The van der Waals surface area contributed by atoms with E-state index in [1.165, 1.54) is 16.7 Å². The summed E-state index contributed by atoms with van der Waals surface area (Å²) in [5.74, 6) is 0. The van der Waals surface area contributed by atoms with E-state index in [-0.39, 0.29) is 4.83 Å². The van der Waals surface area contributed by atoms with Crippen molar-refractivity contribution in [1.82, 2.24) is 0 Å². The third-order valence-corrected chi connectivity index (χ3v) is 2.97. The maximum atomic E-state index is 8.78. The Balaban J connectivity index is 3.25. The normalized spacial score (nSPS) is 12.2. The van der Waals surface area contributed by atoms with Crippen molar-refractivity contribution in [3.63, 3.8) is 0 Å². The van der Waals surface area contributed by atoms with Crippen molar-refractivity contribution in [2.45, 2.75) is 25.6 Å². The average Bonchev–Trinajstić information content (AvgIpc) is 2.10. The van der Waals surface area contributed by atoms with E-state index in [1.54, 1.807) is 0 Å². The number of aryl methyl sites for hydroxylation is 3. The van der Waals surface area contributed by atoms with Crippen LogP contribution >= 0.6 is 15.9 Å². The summed E-state index contributed by atoms with van der Waals surface area (Å²) in [6.07, 6.45) is 0. The molecule has 0 heterocycles. The van der Waals surface area contributed by atoms with E-state index >= 15 is 0 Å². The first-order valence-electron chi connectivity index (χ1n) is 4.17. The predicted octanol–water partition coefficient (Wildman–Crippen LogP) is 3.57. The number of nitriles is 1. The lowest BCUT2D eigenvalue weighted by Gasteiger charge is -2.09. The van der Waals surface area contributed by atoms with Gasteiger partial charge in [0, 0.05) is 0 Å². The number of nitrogens with zero attached hydrogens (tertiary/aromatic N) is 1. The van der Waals surface area contributed by atoms with Gasteiger partial charge in [-0.05, 0) is 43.0 Å². The lowest BCUT2D eigenvalue weighted by atomic mass is 9.99. The minimum atomic E-state index is -0.188. The zero-order chi connectivity index (χ0) is 10.0. The Morgan fingerprint density at radius 3 is 2.23 bits per heavy atom. The number of hydrogen-bond donors (Lipinski definition) is 0. The van der Waals surface area contributed by atoms with E-state index in [4.69, 9.17) is 5.26 Å². The molecule has 0 aliphatic carbocycles. The molecule has 1 nitrogen and oxygen atoms in total. The molecule has 0 N–H and O–H groups in total. The molecule has 0 radical (unpaired) electrons. The summed E-state index contributed by atoms with van der Waals surface area (Å²) in [7, 11) is 0. The lowest BCUT2D eigenvalue weighted by Crippen LogP contribution is -1.94. The Kier molecular flexibility index (Phi) is 3.11. The summed E-state index contributed by atoms with van der Waals surface area (Å²) < 4.78 is 0. The summed E-state index contributed by atoms with van der Waals surface area (Å²) in [6, 6.07) is 6.38. The smallest absolute Gasteiger partial charge is 0.126 e. The van der Waals surface area contributed by atoms with Crippen molar-refractivity contribution < 1.29 is 0 Å². The standard InChI is InChI=1S/C11H12BrN/c1-7-4-9(3)10(5-8(7)2)11(12)6-13/h4-5,11H,1-3H3. The molecule has 13 heavy (non-hydrogen) atoms. The topological polar surface area (TPSA) is 23.8 Å². The molecule has 68 valence electrons. The Labute approximate surface area is 87.5 Å². The number of hydrogen-bond acceptors (Lipinski definition) is 1. The van der Waals surface area contributed by atoms with Crippen LogP contribution in [0.25, 0.3) is 0 Å². The highest BCUT2D eigenvalue weighted by molar-refractivity contribution is 9.09. The SMILES string of the molecule is Cc1cc(C)c(C(Br)C#N)cc1C. The van der Waals surface area contributed by atoms with Crippen LogP contribution in [0.2, 0.25) is 0 Å². The number of alkyl halides is 1. The molecule has 0 fully saturated rings. The molecule has 0 aliphatic heterocycles. The Hall–Kier alpha value is -0.810. The van der Waals surface area contributed by atoms with Crippen LogP contribution in [0.15, 0.2) is 12.1 Å². The van der Waals surface area contributed by atoms with Gasteiger partial charge in [0.05, 0.1) is 6.07 Å². The fraction of sp³-hybridized carbons (Fsp3) is 0.364. The van der Waals surface area contributed by atoms with E-state index in [2.05, 4.69) is 48.0 Å². The van der Waals surface area contributed by atoms with Crippen molar-refractivity contribution in [3.8, 4) is 6.07 Å². The zero-order valence-corrected chi connectivity index (χ0v) is 9.64. The zero-order valence-electron chi connectivity index (χ0n) is 8.06. The van der Waals surface area contributed by atoms with Gasteiger partial charge in [-0.2, -0.15) is 5.26 Å². The van der Waals surface area contributed by atoms with Crippen LogP contribution in [0.3, 0.4) is 0 Å². The Bertz CT molecular complexity index is 363. The molecule has 1 unspecified atom stereocenters. The first-order valence-corrected chi connectivity index (χ1v) is 5.09. The fourth-order valence-corrected chi connectivity index (χ4v) is 1.82. The summed E-state index contributed by atoms with van der Waals surface area (Å²) in [5.41, 5.74) is 4.76. The van der Waals surface area contributed by atoms with Crippen molar-refractivity contribution in [1.29, 1.82) is 5.26 Å². The highest BCUT2D eigenvalue weighted by atomic mass is 79.9. The van der Waals surface area contributed by atoms with Gasteiger partial charge >= 0.3 is 0 Å². The minimum absolute atomic E-state index is 0.188. The molecule has 1 atom stereocenters. The number of benzene rings is 1. The monoisotopic (exact) mass is 237 g/mol. The summed E-state index contributed by atoms with van der Waals surface area (Å²) in [4.78, 5) is -0.188. The van der Waals surface area contributed by atoms with Gasteiger partial charge in [-0.15, -0.1) is 0 Å². The van der Waals surface area contributed by atoms with E-state index in [9.17, 15) is 0 Å². The molecule has 0 saturated carbocycles. The van der Waals surface area contributed by atoms with Gasteiger partial charge in [0.15, 0.2) is 0 Å². The quantitative estimate of drug-likeness (QED) is 0.686. The minimum Gasteiger partial charge on any atom is -0.197 e. The summed E-state index contributed by atoms with van der Waals surface area (Å²) >= 11 is 3.33. The van der Waals surface area contributed by atoms with Gasteiger partial charge in [0.2, 0.25) is 0 Å². The van der Waals surface area contributed by atoms with E-state index in [0.717, 1.165) is 5.56 Å². The molecular formula is C11H12BrN. The molecule has 1 aromatic carbocycles. The highest BCUT2D eigenvalue weighted by Crippen LogP contribution is 2.27. The molecule has 0 amide bonds. The molecule has 1 rings (SSSR count). The summed E-state index contributed by atoms with van der Waals surface area (Å²) in [6.45, 7) is 6.18. The van der Waals surface area contributed by atoms with Gasteiger partial charge < -0.3 is 0 Å². The maximum Gasteiger partial charge on any atom is 0.126 e. The van der Waals surface area contributed by atoms with E-state index in [0.29, 0.717) is 0 Å². The van der Waals surface area contributed by atoms with Gasteiger partial charge in [0.25, 0.3) is 0 Å². The third kappa shape index (κ3) is 2.10. The number of halogens is 1. The first kappa shape index (κ1) is 10.3. The lowest BCUT2D eigenvalue weighted by molar-refractivity contribution is 1.16. The van der Waals surface area contributed by atoms with Gasteiger partial charge in [-0.1, -0.05) is 28.1 Å². The van der Waals surface area contributed by atoms with Gasteiger partial charge in [0.1, 0.15) is 4.83 Å². The molecule has 2 heteroatoms. The average molecular weight is 238 g/mol. The molecule has 0 bridgehead atoms. The Morgan fingerprint density at radius 2 is 1.69 bits per heavy atom. The van der Waals surface area contributed by atoms with Crippen molar-refractivity contribution >= 4 is 15.9 Å². The fourth-order valence-electron chi connectivity index (χ4n) is 1.33. The van der Waals surface area contributed by atoms with Gasteiger partial charge in [-0.3, -0.25) is 0 Å². The van der Waals surface area contributed by atoms with Crippen LogP contribution < -0.4 is 0 Å². The highest BCUT2D eigenvalue weighted by Gasteiger charge is 2.09. The summed E-state index contributed by atoms with van der Waals surface area (Å²) in [5, 5.41) is 8.78. The molecule has 1 aromatic rings. The molecule has 0 aliphatic rings. The van der Waals surface area contributed by atoms with Crippen LogP contribution in [-0.4, -0.2) is 0 Å². The molecular weight excluding hydrogens is 226 g/mol.